The van der Waals surface area contributed by atoms with E-state index >= 15 is 0 Å². The highest BCUT2D eigenvalue weighted by Gasteiger charge is 2.10. The van der Waals surface area contributed by atoms with Gasteiger partial charge in [-0.1, -0.05) is 0 Å². The van der Waals surface area contributed by atoms with Gasteiger partial charge >= 0.3 is 0 Å². The second-order valence-corrected chi connectivity index (χ2v) is 8.24. The summed E-state index contributed by atoms with van der Waals surface area (Å²) in [6, 6.07) is 3.79. The van der Waals surface area contributed by atoms with Gasteiger partial charge in [-0.2, -0.15) is 0 Å². The van der Waals surface area contributed by atoms with Crippen LogP contribution in [0.4, 0.5) is 0 Å². The summed E-state index contributed by atoms with van der Waals surface area (Å²) < 4.78 is 31.9. The molecular formula is C10H16BrNO3S2. The maximum absolute atomic E-state index is 11.6. The highest BCUT2D eigenvalue weighted by atomic mass is 79.9. The van der Waals surface area contributed by atoms with Crippen molar-refractivity contribution in [3.8, 4) is 0 Å². The van der Waals surface area contributed by atoms with E-state index in [9.17, 15) is 8.42 Å². The van der Waals surface area contributed by atoms with Gasteiger partial charge in [0.05, 0.1) is 22.3 Å². The number of thiophene rings is 1. The molecule has 1 heterocycles. The van der Waals surface area contributed by atoms with E-state index in [2.05, 4.69) is 20.7 Å². The van der Waals surface area contributed by atoms with Crippen LogP contribution in [0.2, 0.25) is 0 Å². The van der Waals surface area contributed by atoms with Gasteiger partial charge in [0, 0.05) is 11.4 Å². The molecule has 0 fully saturated rings. The lowest BCUT2D eigenvalue weighted by atomic mass is 10.5. The number of nitrogens with one attached hydrogen (secondary N) is 1. The van der Waals surface area contributed by atoms with Crippen molar-refractivity contribution in [3.05, 3.63) is 20.8 Å². The molecule has 4 nitrogen and oxygen atoms in total. The van der Waals surface area contributed by atoms with E-state index in [4.69, 9.17) is 4.74 Å². The maximum atomic E-state index is 11.6. The van der Waals surface area contributed by atoms with Crippen molar-refractivity contribution in [2.75, 3.05) is 12.4 Å². The third-order valence-corrected chi connectivity index (χ3v) is 4.81. The summed E-state index contributed by atoms with van der Waals surface area (Å²) >= 11 is 4.85. The summed E-state index contributed by atoms with van der Waals surface area (Å²) in [4.78, 5) is 0.977. The molecule has 0 atom stereocenters. The van der Waals surface area contributed by atoms with E-state index in [1.807, 2.05) is 26.0 Å². The molecule has 0 bridgehead atoms. The van der Waals surface area contributed by atoms with Crippen LogP contribution in [0, 0.1) is 0 Å². The van der Waals surface area contributed by atoms with Crippen molar-refractivity contribution >= 4 is 37.3 Å². The van der Waals surface area contributed by atoms with Crippen molar-refractivity contribution in [2.24, 2.45) is 0 Å². The van der Waals surface area contributed by atoms with Crippen LogP contribution in [-0.4, -0.2) is 26.9 Å². The number of hydrogen-bond acceptors (Lipinski definition) is 4. The Bertz CT molecular complexity index is 442. The average Bonchev–Trinajstić information content (AvgIpc) is 2.61. The van der Waals surface area contributed by atoms with Crippen LogP contribution < -0.4 is 4.72 Å². The molecule has 1 rings (SSSR count). The summed E-state index contributed by atoms with van der Waals surface area (Å²) in [6.45, 7) is 4.31. The second kappa shape index (κ2) is 6.84. The number of sulfonamides is 1. The first-order valence-electron chi connectivity index (χ1n) is 5.22. The Morgan fingerprint density at radius 3 is 2.71 bits per heavy atom. The Balaban J connectivity index is 2.34. The first-order valence-corrected chi connectivity index (χ1v) is 8.48. The normalized spacial score (nSPS) is 12.2. The molecular weight excluding hydrogens is 326 g/mol. The van der Waals surface area contributed by atoms with Crippen molar-refractivity contribution in [2.45, 2.75) is 26.5 Å². The van der Waals surface area contributed by atoms with Crippen LogP contribution in [0.3, 0.4) is 0 Å². The molecule has 0 amide bonds. The summed E-state index contributed by atoms with van der Waals surface area (Å²) in [6.07, 6.45) is 0.0541. The Kier molecular flexibility index (Phi) is 6.08. The lowest BCUT2D eigenvalue weighted by molar-refractivity contribution is 0.0911. The van der Waals surface area contributed by atoms with Gasteiger partial charge < -0.3 is 4.74 Å². The molecule has 0 radical (unpaired) electrons. The molecule has 0 aliphatic heterocycles. The third kappa shape index (κ3) is 6.52. The van der Waals surface area contributed by atoms with E-state index in [-0.39, 0.29) is 18.5 Å². The summed E-state index contributed by atoms with van der Waals surface area (Å²) in [5.74, 6) is -0.00226. The van der Waals surface area contributed by atoms with E-state index < -0.39 is 10.0 Å². The number of hydrogen-bond donors (Lipinski definition) is 1. The van der Waals surface area contributed by atoms with Crippen LogP contribution in [0.1, 0.15) is 18.7 Å². The minimum atomic E-state index is -3.25. The van der Waals surface area contributed by atoms with Gasteiger partial charge in [0.25, 0.3) is 0 Å². The van der Waals surface area contributed by atoms with Gasteiger partial charge in [-0.25, -0.2) is 13.1 Å². The van der Waals surface area contributed by atoms with Crippen LogP contribution in [0.25, 0.3) is 0 Å². The Morgan fingerprint density at radius 2 is 2.18 bits per heavy atom. The molecule has 1 aromatic rings. The smallest absolute Gasteiger partial charge is 0.214 e. The highest BCUT2D eigenvalue weighted by molar-refractivity contribution is 9.11. The Hall–Kier alpha value is 0.0500. The summed E-state index contributed by atoms with van der Waals surface area (Å²) in [7, 11) is -3.25. The molecule has 0 aromatic carbocycles. The van der Waals surface area contributed by atoms with E-state index in [1.165, 1.54) is 11.3 Å². The average molecular weight is 342 g/mol. The fourth-order valence-electron chi connectivity index (χ4n) is 1.09. The zero-order valence-electron chi connectivity index (χ0n) is 9.77. The van der Waals surface area contributed by atoms with Gasteiger partial charge in [0.2, 0.25) is 10.0 Å². The Labute approximate surface area is 115 Å². The molecule has 0 spiro atoms. The first kappa shape index (κ1) is 15.1. The maximum Gasteiger partial charge on any atom is 0.214 e. The second-order valence-electron chi connectivity index (χ2n) is 3.77. The monoisotopic (exact) mass is 341 g/mol. The van der Waals surface area contributed by atoms with E-state index in [0.717, 1.165) is 8.66 Å². The lowest BCUT2D eigenvalue weighted by Crippen LogP contribution is -2.28. The molecule has 1 N–H and O–H groups in total. The zero-order valence-corrected chi connectivity index (χ0v) is 13.0. The summed E-state index contributed by atoms with van der Waals surface area (Å²) in [5.41, 5.74) is 0. The Morgan fingerprint density at radius 1 is 1.47 bits per heavy atom. The number of halogens is 1. The molecule has 0 saturated heterocycles. The number of ether oxygens (including phenoxy) is 1. The minimum Gasteiger partial charge on any atom is -0.378 e. The first-order chi connectivity index (χ1) is 7.89. The van der Waals surface area contributed by atoms with Crippen molar-refractivity contribution in [1.82, 2.24) is 4.72 Å². The van der Waals surface area contributed by atoms with Crippen LogP contribution in [0.15, 0.2) is 15.9 Å². The minimum absolute atomic E-state index is 0.00226. The summed E-state index contributed by atoms with van der Waals surface area (Å²) in [5, 5.41) is 0. The van der Waals surface area contributed by atoms with E-state index in [1.54, 1.807) is 0 Å². The predicted molar refractivity (Wildman–Crippen MR) is 73.7 cm³/mol. The van der Waals surface area contributed by atoms with Gasteiger partial charge in [-0.3, -0.25) is 0 Å². The number of rotatable bonds is 7. The van der Waals surface area contributed by atoms with Crippen molar-refractivity contribution < 1.29 is 13.2 Å². The molecule has 7 heteroatoms. The van der Waals surface area contributed by atoms with Crippen molar-refractivity contribution in [3.63, 3.8) is 0 Å². The fourth-order valence-corrected chi connectivity index (χ4v) is 3.44. The topological polar surface area (TPSA) is 55.4 Å². The fraction of sp³-hybridized carbons (Fsp3) is 0.600. The van der Waals surface area contributed by atoms with Gasteiger partial charge in [0.1, 0.15) is 0 Å². The molecule has 1 aromatic heterocycles. The van der Waals surface area contributed by atoms with Gasteiger partial charge in [0.15, 0.2) is 0 Å². The van der Waals surface area contributed by atoms with Crippen LogP contribution in [0.5, 0.6) is 0 Å². The molecule has 98 valence electrons. The quantitative estimate of drug-likeness (QED) is 0.828. The lowest BCUT2D eigenvalue weighted by Gasteiger charge is -2.08. The van der Waals surface area contributed by atoms with Gasteiger partial charge in [-0.05, 0) is 41.9 Å². The van der Waals surface area contributed by atoms with Gasteiger partial charge in [-0.15, -0.1) is 11.3 Å². The van der Waals surface area contributed by atoms with Crippen molar-refractivity contribution in [1.29, 1.82) is 0 Å². The van der Waals surface area contributed by atoms with Crippen LogP contribution >= 0.6 is 27.3 Å². The largest absolute Gasteiger partial charge is 0.378 e. The SMILES string of the molecule is CC(C)OCCS(=O)(=O)NCc1ccc(Br)s1. The predicted octanol–water partition coefficient (Wildman–Crippen LogP) is 2.36. The molecule has 17 heavy (non-hydrogen) atoms. The standard InChI is InChI=1S/C10H16BrNO3S2/c1-8(2)15-5-6-17(13,14)12-7-9-3-4-10(11)16-9/h3-4,8,12H,5-7H2,1-2H3. The third-order valence-electron chi connectivity index (χ3n) is 1.90. The van der Waals surface area contributed by atoms with E-state index in [0.29, 0.717) is 6.54 Å². The molecule has 0 unspecified atom stereocenters. The zero-order chi connectivity index (χ0) is 12.9. The molecule has 0 aliphatic carbocycles. The molecule has 0 saturated carbocycles. The highest BCUT2D eigenvalue weighted by Crippen LogP contribution is 2.21. The van der Waals surface area contributed by atoms with Crippen LogP contribution in [-0.2, 0) is 21.3 Å². The molecule has 0 aliphatic rings.